The minimum absolute atomic E-state index is 0.0278. The van der Waals surface area contributed by atoms with E-state index in [2.05, 4.69) is 20.5 Å². The fourth-order valence-electron chi connectivity index (χ4n) is 2.82. The molecule has 8 nitrogen and oxygen atoms in total. The number of carbonyl (C=O) groups excluding carboxylic acids is 2. The van der Waals surface area contributed by atoms with Crippen molar-refractivity contribution in [2.45, 2.75) is 37.9 Å². The summed E-state index contributed by atoms with van der Waals surface area (Å²) in [6, 6.07) is 0.247. The van der Waals surface area contributed by atoms with E-state index in [1.54, 1.807) is 17.4 Å². The molecule has 1 N–H and O–H groups in total. The van der Waals surface area contributed by atoms with Crippen LogP contribution in [0.4, 0.5) is 5.13 Å². The Labute approximate surface area is 160 Å². The first-order valence-electron chi connectivity index (χ1n) is 8.55. The van der Waals surface area contributed by atoms with Crippen LogP contribution in [-0.4, -0.2) is 55.3 Å². The number of likely N-dealkylation sites (tertiary alicyclic amines) is 1. The van der Waals surface area contributed by atoms with Gasteiger partial charge < -0.3 is 14.8 Å². The smallest absolute Gasteiger partial charge is 0.233 e. The van der Waals surface area contributed by atoms with Crippen molar-refractivity contribution in [2.24, 2.45) is 5.92 Å². The number of hydrogen-bond donors (Lipinski definition) is 1. The Kier molecular flexibility index (Phi) is 6.25. The molecule has 0 aromatic carbocycles. The van der Waals surface area contributed by atoms with Gasteiger partial charge in [-0.15, -0.1) is 21.5 Å². The molecule has 1 atom stereocenters. The zero-order valence-corrected chi connectivity index (χ0v) is 16.4. The summed E-state index contributed by atoms with van der Waals surface area (Å²) >= 11 is 2.78. The van der Waals surface area contributed by atoms with Gasteiger partial charge in [-0.2, -0.15) is 0 Å². The van der Waals surface area contributed by atoms with E-state index in [4.69, 9.17) is 0 Å². The second kappa shape index (κ2) is 8.63. The number of thioether (sulfide) groups is 1. The van der Waals surface area contributed by atoms with Gasteiger partial charge in [-0.05, 0) is 26.7 Å². The van der Waals surface area contributed by atoms with E-state index in [1.165, 1.54) is 23.1 Å². The lowest BCUT2D eigenvalue weighted by molar-refractivity contribution is -0.132. The zero-order valence-electron chi connectivity index (χ0n) is 14.8. The molecular weight excluding hydrogens is 372 g/mol. The molecule has 0 bridgehead atoms. The third-order valence-electron chi connectivity index (χ3n) is 4.23. The molecule has 2 aromatic heterocycles. The zero-order chi connectivity index (χ0) is 18.5. The number of rotatable bonds is 6. The van der Waals surface area contributed by atoms with E-state index in [0.717, 1.165) is 18.0 Å². The van der Waals surface area contributed by atoms with Gasteiger partial charge in [0.25, 0.3) is 0 Å². The van der Waals surface area contributed by atoms with Gasteiger partial charge in [-0.25, -0.2) is 4.98 Å². The Morgan fingerprint density at radius 3 is 3.04 bits per heavy atom. The minimum atomic E-state index is -0.194. The molecule has 3 rings (SSSR count). The van der Waals surface area contributed by atoms with E-state index in [-0.39, 0.29) is 23.8 Å². The lowest BCUT2D eigenvalue weighted by Crippen LogP contribution is -2.44. The molecule has 1 aliphatic heterocycles. The fourth-order valence-corrected chi connectivity index (χ4v) is 4.30. The number of hydrogen-bond acceptors (Lipinski definition) is 7. The maximum atomic E-state index is 12.6. The molecule has 2 aromatic rings. The van der Waals surface area contributed by atoms with Crippen LogP contribution >= 0.6 is 23.1 Å². The first-order chi connectivity index (χ1) is 12.5. The van der Waals surface area contributed by atoms with Crippen molar-refractivity contribution in [1.29, 1.82) is 0 Å². The topological polar surface area (TPSA) is 93.0 Å². The minimum Gasteiger partial charge on any atom is -0.341 e. The summed E-state index contributed by atoms with van der Waals surface area (Å²) in [4.78, 5) is 30.8. The molecule has 1 fully saturated rings. The van der Waals surface area contributed by atoms with Crippen LogP contribution in [0.1, 0.15) is 32.7 Å². The van der Waals surface area contributed by atoms with E-state index in [0.29, 0.717) is 24.0 Å². The van der Waals surface area contributed by atoms with Gasteiger partial charge in [0.15, 0.2) is 10.3 Å². The monoisotopic (exact) mass is 394 g/mol. The van der Waals surface area contributed by atoms with Crippen LogP contribution in [0, 0.1) is 5.92 Å². The third kappa shape index (κ3) is 4.61. The largest absolute Gasteiger partial charge is 0.341 e. The molecule has 1 saturated heterocycles. The van der Waals surface area contributed by atoms with Crippen molar-refractivity contribution in [3.05, 3.63) is 17.9 Å². The molecule has 26 heavy (non-hydrogen) atoms. The lowest BCUT2D eigenvalue weighted by atomic mass is 9.97. The highest BCUT2D eigenvalue weighted by molar-refractivity contribution is 7.99. The van der Waals surface area contributed by atoms with Crippen molar-refractivity contribution in [1.82, 2.24) is 24.6 Å². The van der Waals surface area contributed by atoms with E-state index < -0.39 is 0 Å². The molecule has 3 heterocycles. The van der Waals surface area contributed by atoms with Gasteiger partial charge in [-0.3, -0.25) is 9.59 Å². The van der Waals surface area contributed by atoms with Crippen LogP contribution in [0.3, 0.4) is 0 Å². The molecule has 0 saturated carbocycles. The summed E-state index contributed by atoms with van der Waals surface area (Å²) in [5.41, 5.74) is 0. The van der Waals surface area contributed by atoms with Gasteiger partial charge in [0, 0.05) is 30.7 Å². The third-order valence-corrected chi connectivity index (χ3v) is 5.86. The van der Waals surface area contributed by atoms with Crippen LogP contribution < -0.4 is 5.32 Å². The van der Waals surface area contributed by atoms with Gasteiger partial charge in [0.1, 0.15) is 6.33 Å². The molecule has 0 spiro atoms. The Hall–Kier alpha value is -1.94. The van der Waals surface area contributed by atoms with E-state index >= 15 is 0 Å². The highest BCUT2D eigenvalue weighted by Gasteiger charge is 2.29. The molecule has 0 radical (unpaired) electrons. The highest BCUT2D eigenvalue weighted by Crippen LogP contribution is 2.23. The second-order valence-electron chi connectivity index (χ2n) is 6.41. The molecule has 1 aliphatic rings. The van der Waals surface area contributed by atoms with Gasteiger partial charge in [0.2, 0.25) is 11.8 Å². The first kappa shape index (κ1) is 18.8. The maximum absolute atomic E-state index is 12.6. The Morgan fingerprint density at radius 2 is 2.31 bits per heavy atom. The number of nitrogens with one attached hydrogen (secondary N) is 1. The standard InChI is InChI=1S/C16H22N6O2S2/c1-11(2)22-10-18-20-16(22)26-9-13(23)21-6-3-4-12(8-21)14(24)19-15-17-5-7-25-15/h5,7,10-12H,3-4,6,8-9H2,1-2H3,(H,17,19,24). The summed E-state index contributed by atoms with van der Waals surface area (Å²) < 4.78 is 1.94. The van der Waals surface area contributed by atoms with Crippen molar-refractivity contribution < 1.29 is 9.59 Å². The normalized spacial score (nSPS) is 17.5. The lowest BCUT2D eigenvalue weighted by Gasteiger charge is -2.31. The number of anilines is 1. The summed E-state index contributed by atoms with van der Waals surface area (Å²) in [6.45, 7) is 5.24. The molecule has 0 aliphatic carbocycles. The summed E-state index contributed by atoms with van der Waals surface area (Å²) in [5, 5.41) is 14.0. The number of carbonyl (C=O) groups is 2. The second-order valence-corrected chi connectivity index (χ2v) is 8.25. The van der Waals surface area contributed by atoms with Crippen LogP contribution in [0.25, 0.3) is 0 Å². The van der Waals surface area contributed by atoms with E-state index in [1.807, 2.05) is 23.8 Å². The summed E-state index contributed by atoms with van der Waals surface area (Å²) in [7, 11) is 0. The Bertz CT molecular complexity index is 746. The van der Waals surface area contributed by atoms with Crippen LogP contribution in [0.15, 0.2) is 23.1 Å². The van der Waals surface area contributed by atoms with Crippen LogP contribution in [-0.2, 0) is 9.59 Å². The number of nitrogens with zero attached hydrogens (tertiary/aromatic N) is 5. The number of thiazole rings is 1. The van der Waals surface area contributed by atoms with Gasteiger partial charge in [0.05, 0.1) is 11.7 Å². The Balaban J connectivity index is 1.52. The Morgan fingerprint density at radius 1 is 1.46 bits per heavy atom. The van der Waals surface area contributed by atoms with Crippen molar-refractivity contribution in [2.75, 3.05) is 24.2 Å². The van der Waals surface area contributed by atoms with Gasteiger partial charge >= 0.3 is 0 Å². The molecule has 140 valence electrons. The predicted octanol–water partition coefficient (Wildman–Crippen LogP) is 2.28. The van der Waals surface area contributed by atoms with Crippen molar-refractivity contribution >= 4 is 40.0 Å². The van der Waals surface area contributed by atoms with Crippen molar-refractivity contribution in [3.8, 4) is 0 Å². The van der Waals surface area contributed by atoms with Crippen LogP contribution in [0.2, 0.25) is 0 Å². The first-order valence-corrected chi connectivity index (χ1v) is 10.4. The fraction of sp³-hybridized carbons (Fsp3) is 0.562. The molecule has 2 amide bonds. The molecular formula is C16H22N6O2S2. The van der Waals surface area contributed by atoms with Crippen LogP contribution in [0.5, 0.6) is 0 Å². The van der Waals surface area contributed by atoms with Crippen molar-refractivity contribution in [3.63, 3.8) is 0 Å². The average molecular weight is 395 g/mol. The van der Waals surface area contributed by atoms with Gasteiger partial charge in [-0.1, -0.05) is 11.8 Å². The van der Waals surface area contributed by atoms with E-state index in [9.17, 15) is 9.59 Å². The molecule has 10 heteroatoms. The predicted molar refractivity (Wildman–Crippen MR) is 101 cm³/mol. The SMILES string of the molecule is CC(C)n1cnnc1SCC(=O)N1CCCC(C(=O)Nc2nccs2)C1. The number of piperidine rings is 1. The summed E-state index contributed by atoms with van der Waals surface area (Å²) in [6.07, 6.45) is 4.95. The maximum Gasteiger partial charge on any atom is 0.233 e. The summed E-state index contributed by atoms with van der Waals surface area (Å²) in [5.74, 6) is 0.0669. The highest BCUT2D eigenvalue weighted by atomic mass is 32.2. The molecule has 1 unspecified atom stereocenters. The number of amides is 2. The quantitative estimate of drug-likeness (QED) is 0.756. The average Bonchev–Trinajstić information content (AvgIpc) is 3.31. The number of aromatic nitrogens is 4.